The molecule has 0 saturated carbocycles. The number of hydrogen-bond donors (Lipinski definition) is 2. The molecule has 7 nitrogen and oxygen atoms in total. The number of benzene rings is 1. The van der Waals surface area contributed by atoms with Crippen molar-refractivity contribution in [2.45, 2.75) is 20.0 Å². The molecule has 0 radical (unpaired) electrons. The number of carbonyl (C=O) groups excluding carboxylic acids is 2. The van der Waals surface area contributed by atoms with Gasteiger partial charge in [0.25, 0.3) is 11.8 Å². The minimum Gasteiger partial charge on any atom is -0.470 e. The van der Waals surface area contributed by atoms with Crippen LogP contribution in [-0.4, -0.2) is 16.8 Å². The van der Waals surface area contributed by atoms with Crippen molar-refractivity contribution < 1.29 is 18.7 Å². The van der Waals surface area contributed by atoms with Gasteiger partial charge in [0, 0.05) is 12.3 Å². The van der Waals surface area contributed by atoms with Crippen LogP contribution in [0, 0.1) is 6.92 Å². The van der Waals surface area contributed by atoms with Crippen molar-refractivity contribution >= 4 is 11.8 Å². The summed E-state index contributed by atoms with van der Waals surface area (Å²) in [6.45, 7) is 3.58. The van der Waals surface area contributed by atoms with Crippen LogP contribution in [0.4, 0.5) is 0 Å². The van der Waals surface area contributed by atoms with Crippen molar-refractivity contribution in [2.75, 3.05) is 0 Å². The minimum atomic E-state index is -0.486. The van der Waals surface area contributed by atoms with E-state index in [9.17, 15) is 9.59 Å². The molecule has 138 valence electrons. The number of nitrogens with one attached hydrogen (secondary N) is 2. The average molecular weight is 365 g/mol. The molecule has 0 unspecified atom stereocenters. The lowest BCUT2D eigenvalue weighted by atomic mass is 10.1. The minimum absolute atomic E-state index is 0.170. The van der Waals surface area contributed by atoms with Gasteiger partial charge in [0.15, 0.2) is 0 Å². The third-order valence-corrected chi connectivity index (χ3v) is 3.96. The van der Waals surface area contributed by atoms with E-state index in [1.807, 2.05) is 37.3 Å². The van der Waals surface area contributed by atoms with E-state index in [1.165, 1.54) is 18.5 Å². The van der Waals surface area contributed by atoms with E-state index >= 15 is 0 Å². The van der Waals surface area contributed by atoms with Crippen molar-refractivity contribution in [1.29, 1.82) is 0 Å². The molecule has 1 atom stereocenters. The van der Waals surface area contributed by atoms with Crippen LogP contribution in [0.25, 0.3) is 0 Å². The maximum atomic E-state index is 12.1. The Morgan fingerprint density at radius 1 is 1.04 bits per heavy atom. The molecule has 7 heteroatoms. The fraction of sp³-hybridized carbons (Fsp3) is 0.150. The highest BCUT2D eigenvalue weighted by atomic mass is 16.5. The summed E-state index contributed by atoms with van der Waals surface area (Å²) in [6, 6.07) is 14.5. The standard InChI is InChI=1S/C20H19N3O4/c1-13(15-6-4-3-5-7-15)27-18-9-8-16(12-21-18)19(24)22-23-20(25)17-10-11-26-14(17)2/h3-13H,1-2H3,(H,22,24)(H,23,25)/t13-/m0/s1. The molecule has 0 spiro atoms. The van der Waals surface area contributed by atoms with Crippen molar-refractivity contribution in [1.82, 2.24) is 15.8 Å². The molecule has 0 fully saturated rings. The Labute approximate surface area is 156 Å². The smallest absolute Gasteiger partial charge is 0.273 e. The summed E-state index contributed by atoms with van der Waals surface area (Å²) in [5.74, 6) is -0.0720. The van der Waals surface area contributed by atoms with Gasteiger partial charge in [0.2, 0.25) is 5.88 Å². The van der Waals surface area contributed by atoms with Crippen LogP contribution in [0.2, 0.25) is 0 Å². The van der Waals surface area contributed by atoms with Gasteiger partial charge in [-0.05, 0) is 31.5 Å². The number of amides is 2. The molecule has 2 aromatic heterocycles. The number of ether oxygens (including phenoxy) is 1. The molecule has 0 bridgehead atoms. The van der Waals surface area contributed by atoms with Gasteiger partial charge in [-0.25, -0.2) is 4.98 Å². The van der Waals surface area contributed by atoms with Crippen LogP contribution >= 0.6 is 0 Å². The quantitative estimate of drug-likeness (QED) is 0.677. The van der Waals surface area contributed by atoms with E-state index in [0.717, 1.165) is 5.56 Å². The third-order valence-electron chi connectivity index (χ3n) is 3.96. The predicted octanol–water partition coefficient (Wildman–Crippen LogP) is 3.20. The molecule has 0 aliphatic heterocycles. The maximum absolute atomic E-state index is 12.1. The van der Waals surface area contributed by atoms with Crippen molar-refractivity contribution in [3.05, 3.63) is 83.4 Å². The van der Waals surface area contributed by atoms with Crippen molar-refractivity contribution in [2.24, 2.45) is 0 Å². The van der Waals surface area contributed by atoms with Crippen molar-refractivity contribution in [3.63, 3.8) is 0 Å². The Hall–Kier alpha value is -3.61. The van der Waals surface area contributed by atoms with Gasteiger partial charge in [-0.15, -0.1) is 0 Å². The second kappa shape index (κ2) is 8.18. The average Bonchev–Trinajstić information content (AvgIpc) is 3.13. The topological polar surface area (TPSA) is 93.5 Å². The summed E-state index contributed by atoms with van der Waals surface area (Å²) >= 11 is 0. The Bertz CT molecular complexity index is 920. The Kier molecular flexibility index (Phi) is 5.51. The van der Waals surface area contributed by atoms with Gasteiger partial charge >= 0.3 is 0 Å². The molecule has 3 aromatic rings. The van der Waals surface area contributed by atoms with Gasteiger partial charge in [-0.3, -0.25) is 20.4 Å². The third kappa shape index (κ3) is 4.52. The molecular formula is C20H19N3O4. The number of carbonyl (C=O) groups is 2. The summed E-state index contributed by atoms with van der Waals surface area (Å²) in [5, 5.41) is 0. The molecule has 3 rings (SSSR count). The predicted molar refractivity (Wildman–Crippen MR) is 98.1 cm³/mol. The lowest BCUT2D eigenvalue weighted by molar-refractivity contribution is 0.0845. The van der Waals surface area contributed by atoms with E-state index in [2.05, 4.69) is 15.8 Å². The fourth-order valence-corrected chi connectivity index (χ4v) is 2.43. The van der Waals surface area contributed by atoms with Crippen LogP contribution in [0.3, 0.4) is 0 Å². The number of nitrogens with zero attached hydrogens (tertiary/aromatic N) is 1. The van der Waals surface area contributed by atoms with Crippen LogP contribution in [-0.2, 0) is 0 Å². The lowest BCUT2D eigenvalue weighted by Crippen LogP contribution is -2.41. The summed E-state index contributed by atoms with van der Waals surface area (Å²) in [5.41, 5.74) is 6.35. The first-order valence-electron chi connectivity index (χ1n) is 8.37. The van der Waals surface area contributed by atoms with Gasteiger partial charge in [-0.2, -0.15) is 0 Å². The number of aromatic nitrogens is 1. The van der Waals surface area contributed by atoms with Crippen molar-refractivity contribution in [3.8, 4) is 5.88 Å². The lowest BCUT2D eigenvalue weighted by Gasteiger charge is -2.14. The highest BCUT2D eigenvalue weighted by Crippen LogP contribution is 2.19. The van der Waals surface area contributed by atoms with Crippen LogP contribution in [0.5, 0.6) is 5.88 Å². The molecule has 2 heterocycles. The van der Waals surface area contributed by atoms with E-state index in [-0.39, 0.29) is 6.10 Å². The molecule has 0 aliphatic carbocycles. The van der Waals surface area contributed by atoms with Gasteiger partial charge in [0.1, 0.15) is 11.9 Å². The number of rotatable bonds is 5. The summed E-state index contributed by atoms with van der Waals surface area (Å²) in [4.78, 5) is 28.2. The van der Waals surface area contributed by atoms with Gasteiger partial charge in [0.05, 0.1) is 17.4 Å². The number of aryl methyl sites for hydroxylation is 1. The molecule has 0 aliphatic rings. The zero-order chi connectivity index (χ0) is 19.2. The van der Waals surface area contributed by atoms with Gasteiger partial charge in [-0.1, -0.05) is 30.3 Å². The molecule has 1 aromatic carbocycles. The van der Waals surface area contributed by atoms with Gasteiger partial charge < -0.3 is 9.15 Å². The molecule has 0 saturated heterocycles. The zero-order valence-electron chi connectivity index (χ0n) is 14.9. The molecule has 2 amide bonds. The summed E-state index contributed by atoms with van der Waals surface area (Å²) in [7, 11) is 0. The van der Waals surface area contributed by atoms with Crippen LogP contribution < -0.4 is 15.6 Å². The first-order chi connectivity index (χ1) is 13.0. The Balaban J connectivity index is 1.56. The van der Waals surface area contributed by atoms with E-state index in [4.69, 9.17) is 9.15 Å². The Morgan fingerprint density at radius 2 is 1.78 bits per heavy atom. The first kappa shape index (κ1) is 18.2. The largest absolute Gasteiger partial charge is 0.470 e. The molecular weight excluding hydrogens is 346 g/mol. The zero-order valence-corrected chi connectivity index (χ0v) is 14.9. The van der Waals surface area contributed by atoms with Crippen LogP contribution in [0.1, 0.15) is 45.1 Å². The SMILES string of the molecule is Cc1occc1C(=O)NNC(=O)c1ccc(O[C@@H](C)c2ccccc2)nc1. The van der Waals surface area contributed by atoms with E-state index in [1.54, 1.807) is 19.1 Å². The molecule has 2 N–H and O–H groups in total. The monoisotopic (exact) mass is 365 g/mol. The highest BCUT2D eigenvalue weighted by molar-refractivity contribution is 5.99. The summed E-state index contributed by atoms with van der Waals surface area (Å²) < 4.78 is 10.8. The number of furan rings is 1. The van der Waals surface area contributed by atoms with E-state index in [0.29, 0.717) is 22.8 Å². The fourth-order valence-electron chi connectivity index (χ4n) is 2.43. The molecule has 27 heavy (non-hydrogen) atoms. The summed E-state index contributed by atoms with van der Waals surface area (Å²) in [6.07, 6.45) is 2.62. The van der Waals surface area contributed by atoms with Crippen LogP contribution in [0.15, 0.2) is 65.4 Å². The number of hydrogen-bond acceptors (Lipinski definition) is 5. The second-order valence-corrected chi connectivity index (χ2v) is 5.85. The Morgan fingerprint density at radius 3 is 2.41 bits per heavy atom. The van der Waals surface area contributed by atoms with E-state index < -0.39 is 11.8 Å². The normalized spacial score (nSPS) is 11.5. The second-order valence-electron chi connectivity index (χ2n) is 5.85. The number of pyridine rings is 1. The number of hydrazine groups is 1. The maximum Gasteiger partial charge on any atom is 0.273 e. The highest BCUT2D eigenvalue weighted by Gasteiger charge is 2.14. The first-order valence-corrected chi connectivity index (χ1v) is 8.37.